The third-order valence-corrected chi connectivity index (χ3v) is 14.1. The van der Waals surface area contributed by atoms with Crippen molar-refractivity contribution in [2.24, 2.45) is 28.0 Å². The fraction of sp³-hybridized carbons (Fsp3) is 0.600. The maximum Gasteiger partial charge on any atom is 0.329 e. The van der Waals surface area contributed by atoms with Crippen LogP contribution in [-0.2, 0) is 26.5 Å². The number of methoxy groups -OCH3 is 1. The van der Waals surface area contributed by atoms with Crippen LogP contribution in [0.1, 0.15) is 78.9 Å². The monoisotopic (exact) mass is 738 g/mol. The topological polar surface area (TPSA) is 101 Å². The molecule has 282 valence electrons. The highest BCUT2D eigenvalue weighted by Crippen LogP contribution is 2.47. The number of amides is 3. The summed E-state index contributed by atoms with van der Waals surface area (Å²) in [6, 6.07) is 11.4. The van der Waals surface area contributed by atoms with Gasteiger partial charge in [-0.05, 0) is 105 Å². The van der Waals surface area contributed by atoms with Crippen LogP contribution < -0.4 is 14.4 Å². The largest absolute Gasteiger partial charge is 0.490 e. The Balaban J connectivity index is 1.25. The van der Waals surface area contributed by atoms with Crippen molar-refractivity contribution < 1.29 is 32.1 Å². The molecule has 7 rings (SSSR count). The minimum Gasteiger partial charge on any atom is -0.490 e. The first-order valence-electron chi connectivity index (χ1n) is 18.9. The number of benzene rings is 2. The second-order valence-corrected chi connectivity index (χ2v) is 17.9. The quantitative estimate of drug-likeness (QED) is 0.332. The lowest BCUT2D eigenvalue weighted by molar-refractivity contribution is 0.0131. The predicted molar refractivity (Wildman–Crippen MR) is 198 cm³/mol. The van der Waals surface area contributed by atoms with E-state index in [1.807, 2.05) is 19.1 Å². The summed E-state index contributed by atoms with van der Waals surface area (Å²) >= 11 is 0. The summed E-state index contributed by atoms with van der Waals surface area (Å²) in [4.78, 5) is 31.2. The molecule has 2 fully saturated rings. The van der Waals surface area contributed by atoms with Gasteiger partial charge in [-0.25, -0.2) is 17.8 Å². The number of hydrogen-bond donors (Lipinski definition) is 1. The number of fused-ring (bicyclic) bond motifs is 4. The zero-order valence-electron chi connectivity index (χ0n) is 30.5. The number of carbonyl (C=O) groups is 2. The van der Waals surface area contributed by atoms with Crippen LogP contribution in [0.5, 0.6) is 5.75 Å². The molecule has 2 aromatic carbocycles. The number of anilines is 1. The number of halogens is 2. The van der Waals surface area contributed by atoms with Crippen LogP contribution in [0.2, 0.25) is 0 Å². The van der Waals surface area contributed by atoms with Crippen molar-refractivity contribution in [3.8, 4) is 5.75 Å². The Kier molecular flexibility index (Phi) is 10.7. The number of ether oxygens (including phenoxy) is 2. The molecule has 2 bridgehead atoms. The third-order valence-electron chi connectivity index (χ3n) is 12.1. The SMILES string of the molecule is CO[C@H]1/C=C/C[C@H](C)CS(=O)(NC(=O)N2CCC(C(F)F)CC2)=NC(=O)c2ccc3c(c2)N(C[C@@H]2CC[C@H]21)C[C@@]1(CCCc2cc(C)ccc21)CO3. The predicted octanol–water partition coefficient (Wildman–Crippen LogP) is 7.32. The first-order chi connectivity index (χ1) is 25.0. The molecule has 1 N–H and O–H groups in total. The number of hydrogen-bond acceptors (Lipinski definition) is 6. The lowest BCUT2D eigenvalue weighted by Crippen LogP contribution is -2.49. The minimum absolute atomic E-state index is 0.0480. The molecule has 12 heteroatoms. The van der Waals surface area contributed by atoms with Crippen molar-refractivity contribution in [3.63, 3.8) is 0 Å². The van der Waals surface area contributed by atoms with Gasteiger partial charge in [0.15, 0.2) is 0 Å². The Labute approximate surface area is 306 Å². The van der Waals surface area contributed by atoms with Crippen LogP contribution in [-0.4, -0.2) is 79.2 Å². The van der Waals surface area contributed by atoms with Crippen molar-refractivity contribution in [2.45, 2.75) is 83.2 Å². The first kappa shape index (κ1) is 36.8. The maximum atomic E-state index is 14.5. The summed E-state index contributed by atoms with van der Waals surface area (Å²) in [7, 11) is -1.85. The molecular formula is C40H52F2N4O5S. The molecule has 1 unspecified atom stereocenters. The normalized spacial score (nSPS) is 31.8. The molecule has 1 saturated carbocycles. The summed E-state index contributed by atoms with van der Waals surface area (Å²) in [5.41, 5.74) is 4.81. The van der Waals surface area contributed by atoms with Gasteiger partial charge in [-0.2, -0.15) is 0 Å². The van der Waals surface area contributed by atoms with E-state index < -0.39 is 34.2 Å². The number of allylic oxidation sites excluding steroid dienone is 1. The maximum absolute atomic E-state index is 14.5. The van der Waals surface area contributed by atoms with Gasteiger partial charge in [0, 0.05) is 50.2 Å². The molecule has 1 spiro atoms. The molecule has 52 heavy (non-hydrogen) atoms. The molecule has 9 nitrogen and oxygen atoms in total. The van der Waals surface area contributed by atoms with Gasteiger partial charge in [-0.15, -0.1) is 4.36 Å². The highest BCUT2D eigenvalue weighted by Gasteiger charge is 2.44. The highest BCUT2D eigenvalue weighted by molar-refractivity contribution is 7.92. The Morgan fingerprint density at radius 3 is 2.67 bits per heavy atom. The third kappa shape index (κ3) is 7.60. The molecule has 0 radical (unpaired) electrons. The fourth-order valence-electron chi connectivity index (χ4n) is 9.08. The van der Waals surface area contributed by atoms with E-state index in [0.29, 0.717) is 30.6 Å². The van der Waals surface area contributed by atoms with Gasteiger partial charge in [-0.3, -0.25) is 9.52 Å². The molecule has 6 atom stereocenters. The van der Waals surface area contributed by atoms with Gasteiger partial charge in [0.2, 0.25) is 6.43 Å². The number of nitrogens with one attached hydrogen (secondary N) is 1. The van der Waals surface area contributed by atoms with E-state index in [-0.39, 0.29) is 54.7 Å². The van der Waals surface area contributed by atoms with E-state index in [9.17, 15) is 22.6 Å². The number of urea groups is 1. The van der Waals surface area contributed by atoms with Crippen LogP contribution in [0.25, 0.3) is 0 Å². The number of nitrogens with zero attached hydrogens (tertiary/aromatic N) is 3. The van der Waals surface area contributed by atoms with Crippen molar-refractivity contribution in [2.75, 3.05) is 50.5 Å². The molecular weight excluding hydrogens is 687 g/mol. The molecule has 0 aromatic heterocycles. The van der Waals surface area contributed by atoms with Crippen molar-refractivity contribution >= 4 is 27.5 Å². The standard InChI is InChI=1S/C40H52F2N4O5S/c1-26-9-13-33-29(20-26)7-5-17-40(33)24-46-22-31-10-12-32(31)35(50-3)8-4-6-27(2)23-52(49,44-39(48)45-18-15-28(16-19-45)37(41)42)43-38(47)30-11-14-36(51-25-40)34(46)21-30/h4,8-9,11,13-14,20-21,27-28,31-32,35,37H,5-7,10,12,15-19,22-25H2,1-3H3,(H,43,44,47,48,49)/b8-4+/t27-,31-,32+,35-,40-,52?/m0/s1. The molecule has 1 saturated heterocycles. The summed E-state index contributed by atoms with van der Waals surface area (Å²) in [5, 5.41) is 0. The minimum atomic E-state index is -3.60. The van der Waals surface area contributed by atoms with E-state index in [4.69, 9.17) is 9.47 Å². The molecule has 3 amide bonds. The Morgan fingerprint density at radius 1 is 1.13 bits per heavy atom. The van der Waals surface area contributed by atoms with Crippen LogP contribution in [0.4, 0.5) is 19.3 Å². The van der Waals surface area contributed by atoms with Crippen LogP contribution in [0.3, 0.4) is 0 Å². The molecule has 3 heterocycles. The number of carbonyl (C=O) groups excluding carboxylic acids is 2. The van der Waals surface area contributed by atoms with Gasteiger partial charge >= 0.3 is 6.03 Å². The van der Waals surface area contributed by atoms with E-state index in [0.717, 1.165) is 50.9 Å². The number of aryl methyl sites for hydroxylation is 2. The van der Waals surface area contributed by atoms with Gasteiger partial charge in [0.1, 0.15) is 15.7 Å². The van der Waals surface area contributed by atoms with E-state index in [1.54, 1.807) is 13.2 Å². The van der Waals surface area contributed by atoms with Crippen LogP contribution in [0.15, 0.2) is 52.9 Å². The van der Waals surface area contributed by atoms with E-state index >= 15 is 0 Å². The summed E-state index contributed by atoms with van der Waals surface area (Å²) in [6.45, 7) is 6.32. The number of piperidine rings is 1. The molecule has 5 aliphatic rings. The zero-order chi connectivity index (χ0) is 36.6. The number of rotatable bonds is 3. The van der Waals surface area contributed by atoms with Gasteiger partial charge < -0.3 is 19.3 Å². The Hall–Kier alpha value is -3.51. The lowest BCUT2D eigenvalue weighted by atomic mass is 9.68. The smallest absolute Gasteiger partial charge is 0.329 e. The second-order valence-electron chi connectivity index (χ2n) is 15.9. The second kappa shape index (κ2) is 15.1. The van der Waals surface area contributed by atoms with Gasteiger partial charge in [0.05, 0.1) is 24.2 Å². The van der Waals surface area contributed by atoms with Gasteiger partial charge in [-0.1, -0.05) is 42.8 Å². The van der Waals surface area contributed by atoms with Crippen LogP contribution in [0, 0.1) is 30.6 Å². The number of likely N-dealkylation sites (tertiary alicyclic amines) is 1. The Morgan fingerprint density at radius 2 is 1.94 bits per heavy atom. The zero-order valence-corrected chi connectivity index (χ0v) is 31.3. The highest BCUT2D eigenvalue weighted by atomic mass is 32.2. The lowest BCUT2D eigenvalue weighted by Gasteiger charge is -2.46. The summed E-state index contributed by atoms with van der Waals surface area (Å²) in [5.74, 6) is -0.289. The van der Waals surface area contributed by atoms with Crippen LogP contribution >= 0.6 is 0 Å². The molecule has 3 aliphatic heterocycles. The van der Waals surface area contributed by atoms with Crippen molar-refractivity contribution in [1.29, 1.82) is 0 Å². The fourth-order valence-corrected chi connectivity index (χ4v) is 11.0. The van der Waals surface area contributed by atoms with Crippen molar-refractivity contribution in [3.05, 3.63) is 70.8 Å². The average molecular weight is 739 g/mol. The average Bonchev–Trinajstić information content (AvgIpc) is 3.25. The summed E-state index contributed by atoms with van der Waals surface area (Å²) < 4.78 is 60.7. The Bertz CT molecular complexity index is 1820. The van der Waals surface area contributed by atoms with E-state index in [2.05, 4.69) is 51.3 Å². The molecule has 2 aromatic rings. The van der Waals surface area contributed by atoms with Gasteiger partial charge in [0.25, 0.3) is 5.91 Å². The summed E-state index contributed by atoms with van der Waals surface area (Å²) in [6.07, 6.45) is 7.74. The van der Waals surface area contributed by atoms with Crippen molar-refractivity contribution in [1.82, 2.24) is 9.62 Å². The molecule has 2 aliphatic carbocycles. The van der Waals surface area contributed by atoms with E-state index in [1.165, 1.54) is 21.6 Å². The number of alkyl halides is 2. The first-order valence-corrected chi connectivity index (χ1v) is 20.6.